The van der Waals surface area contributed by atoms with Gasteiger partial charge in [0.05, 0.1) is 13.2 Å². The Kier molecular flexibility index (Phi) is 5.91. The van der Waals surface area contributed by atoms with E-state index < -0.39 is 5.97 Å². The van der Waals surface area contributed by atoms with E-state index in [-0.39, 0.29) is 13.4 Å². The molecule has 5 nitrogen and oxygen atoms in total. The van der Waals surface area contributed by atoms with E-state index in [1.165, 1.54) is 31.3 Å². The number of carbonyl (C=O) groups excluding carboxylic acids is 2. The van der Waals surface area contributed by atoms with Gasteiger partial charge in [-0.05, 0) is 54.2 Å². The van der Waals surface area contributed by atoms with E-state index in [0.29, 0.717) is 11.5 Å². The average molecular weight is 367 g/mol. The summed E-state index contributed by atoms with van der Waals surface area (Å²) in [5, 5.41) is 3.07. The molecule has 1 amide bonds. The molecule has 0 bridgehead atoms. The molecule has 0 heterocycles. The van der Waals surface area contributed by atoms with E-state index in [2.05, 4.69) is 29.6 Å². The summed E-state index contributed by atoms with van der Waals surface area (Å²) in [6.07, 6.45) is 14.5. The van der Waals surface area contributed by atoms with Crippen molar-refractivity contribution in [2.24, 2.45) is 0 Å². The Morgan fingerprint density at radius 3 is 2.81 bits per heavy atom. The summed E-state index contributed by atoms with van der Waals surface area (Å²) in [7, 11) is 1.51. The largest absolute Gasteiger partial charge is 0.493 e. The van der Waals surface area contributed by atoms with Gasteiger partial charge in [-0.25, -0.2) is 0 Å². The van der Waals surface area contributed by atoms with E-state index in [0.717, 1.165) is 24.8 Å². The highest BCUT2D eigenvalue weighted by atomic mass is 16.6. The van der Waals surface area contributed by atoms with Gasteiger partial charge in [0.15, 0.2) is 11.5 Å². The van der Waals surface area contributed by atoms with Crippen LogP contribution in [-0.2, 0) is 9.59 Å². The first kappa shape index (κ1) is 18.7. The fourth-order valence-electron chi connectivity index (χ4n) is 3.28. The molecule has 5 heteroatoms. The molecule has 0 fully saturated rings. The molecule has 27 heavy (non-hydrogen) atoms. The smallest absolute Gasteiger partial charge is 0.308 e. The maximum atomic E-state index is 12.3. The second-order valence-electron chi connectivity index (χ2n) is 6.46. The average Bonchev–Trinajstić information content (AvgIpc) is 2.86. The number of rotatable bonds is 5. The van der Waals surface area contributed by atoms with Crippen molar-refractivity contribution in [2.45, 2.75) is 32.2 Å². The molecule has 142 valence electrons. The lowest BCUT2D eigenvalue weighted by Crippen LogP contribution is -2.32. The Balaban J connectivity index is 0.00000280. The molecule has 0 saturated carbocycles. The third kappa shape index (κ3) is 4.76. The fraction of sp³-hybridized carbons (Fsp3) is 0.273. The highest BCUT2D eigenvalue weighted by Crippen LogP contribution is 2.31. The van der Waals surface area contributed by atoms with Gasteiger partial charge in [0.2, 0.25) is 5.91 Å². The zero-order valence-electron chi connectivity index (χ0n) is 15.5. The molecular formula is C22H25NO4. The lowest BCUT2D eigenvalue weighted by Gasteiger charge is -2.13. The van der Waals surface area contributed by atoms with Crippen LogP contribution in [0, 0.1) is 0 Å². The predicted octanol–water partition coefficient (Wildman–Crippen LogP) is 3.97. The number of ether oxygens (including phenoxy) is 2. The quantitative estimate of drug-likeness (QED) is 0.486. The minimum Gasteiger partial charge on any atom is -0.493 e. The van der Waals surface area contributed by atoms with Crippen LogP contribution in [0.25, 0.3) is 6.08 Å². The molecule has 2 aliphatic carbocycles. The minimum atomic E-state index is -0.428. The number of nitrogens with one attached hydrogen (secondary N) is 1. The van der Waals surface area contributed by atoms with Crippen molar-refractivity contribution in [3.05, 3.63) is 65.3 Å². The van der Waals surface area contributed by atoms with Gasteiger partial charge in [0.25, 0.3) is 0 Å². The van der Waals surface area contributed by atoms with Gasteiger partial charge < -0.3 is 14.8 Å². The second-order valence-corrected chi connectivity index (χ2v) is 6.46. The monoisotopic (exact) mass is 367 g/mol. The van der Waals surface area contributed by atoms with Crippen LogP contribution in [-0.4, -0.2) is 25.0 Å². The first-order valence-corrected chi connectivity index (χ1v) is 8.98. The van der Waals surface area contributed by atoms with Gasteiger partial charge >= 0.3 is 5.97 Å². The van der Waals surface area contributed by atoms with Crippen molar-refractivity contribution in [1.29, 1.82) is 0 Å². The predicted molar refractivity (Wildman–Crippen MR) is 107 cm³/mol. The van der Waals surface area contributed by atoms with Crippen molar-refractivity contribution in [1.82, 2.24) is 5.32 Å². The number of amides is 1. The van der Waals surface area contributed by atoms with Crippen LogP contribution in [0.3, 0.4) is 0 Å². The summed E-state index contributed by atoms with van der Waals surface area (Å²) in [5.74, 6) is 0.210. The summed E-state index contributed by atoms with van der Waals surface area (Å²) in [4.78, 5) is 23.6. The molecule has 0 aromatic heterocycles. The van der Waals surface area contributed by atoms with Gasteiger partial charge in [-0.3, -0.25) is 9.59 Å². The number of carbonyl (C=O) groups is 2. The van der Waals surface area contributed by atoms with Crippen molar-refractivity contribution in [2.75, 3.05) is 7.11 Å². The van der Waals surface area contributed by atoms with Gasteiger partial charge in [-0.2, -0.15) is 0 Å². The number of benzene rings is 1. The van der Waals surface area contributed by atoms with Crippen LogP contribution in [0.15, 0.2) is 59.7 Å². The van der Waals surface area contributed by atoms with Crippen LogP contribution >= 0.6 is 0 Å². The van der Waals surface area contributed by atoms with E-state index in [1.807, 2.05) is 0 Å². The molecule has 1 unspecified atom stereocenters. The van der Waals surface area contributed by atoms with Crippen LogP contribution < -0.4 is 14.8 Å². The molecular weight excluding hydrogens is 342 g/mol. The topological polar surface area (TPSA) is 64.6 Å². The maximum absolute atomic E-state index is 12.3. The summed E-state index contributed by atoms with van der Waals surface area (Å²) in [5.41, 5.74) is 3.25. The number of esters is 1. The number of hydrogen-bond acceptors (Lipinski definition) is 4. The van der Waals surface area contributed by atoms with Gasteiger partial charge in [0, 0.05) is 14.4 Å². The lowest BCUT2D eigenvalue weighted by molar-refractivity contribution is -0.132. The SMILES string of the molecule is COc1ccc(/C=C/C(=O)NC2CCC3=C2C=CCC=C3)cc1OC(C)=O.[HH]. The Morgan fingerprint density at radius 2 is 2.04 bits per heavy atom. The maximum Gasteiger partial charge on any atom is 0.308 e. The minimum absolute atomic E-state index is 0. The highest BCUT2D eigenvalue weighted by Gasteiger charge is 2.23. The van der Waals surface area contributed by atoms with Crippen molar-refractivity contribution in [3.63, 3.8) is 0 Å². The van der Waals surface area contributed by atoms with Crippen molar-refractivity contribution in [3.8, 4) is 11.5 Å². The Bertz CT molecular complexity index is 867. The summed E-state index contributed by atoms with van der Waals surface area (Å²) in [6.45, 7) is 1.33. The van der Waals surface area contributed by atoms with E-state index in [1.54, 1.807) is 24.3 Å². The number of allylic oxidation sites excluding steroid dienone is 4. The molecule has 0 spiro atoms. The standard InChI is InChI=1S/C22H23NO4.H2/c1-15(24)27-21-14-16(8-12-20(21)26-2)9-13-22(25)23-19-11-10-17-6-4-3-5-7-18(17)19;/h4-9,12-14,19H,3,10-11H2,1-2H3,(H,23,25);1H/b13-9+;. The number of hydrogen-bond donors (Lipinski definition) is 1. The molecule has 3 rings (SSSR count). The zero-order valence-corrected chi connectivity index (χ0v) is 15.5. The van der Waals surface area contributed by atoms with Gasteiger partial charge in [0.1, 0.15) is 0 Å². The van der Waals surface area contributed by atoms with Crippen LogP contribution in [0.1, 0.15) is 33.2 Å². The van der Waals surface area contributed by atoms with Crippen molar-refractivity contribution >= 4 is 18.0 Å². The summed E-state index contributed by atoms with van der Waals surface area (Å²) >= 11 is 0. The lowest BCUT2D eigenvalue weighted by atomic mass is 10.1. The Hall–Kier alpha value is -3.08. The normalized spacial score (nSPS) is 18.4. The molecule has 1 aromatic carbocycles. The second kappa shape index (κ2) is 8.54. The Labute approximate surface area is 160 Å². The zero-order chi connectivity index (χ0) is 19.2. The van der Waals surface area contributed by atoms with E-state index in [4.69, 9.17) is 9.47 Å². The molecule has 1 N–H and O–H groups in total. The fourth-order valence-corrected chi connectivity index (χ4v) is 3.28. The first-order valence-electron chi connectivity index (χ1n) is 8.98. The molecule has 1 aromatic rings. The van der Waals surface area contributed by atoms with Crippen LogP contribution in [0.5, 0.6) is 11.5 Å². The third-order valence-electron chi connectivity index (χ3n) is 4.52. The molecule has 0 radical (unpaired) electrons. The first-order chi connectivity index (χ1) is 13.1. The molecule has 2 aliphatic rings. The molecule has 0 aliphatic heterocycles. The highest BCUT2D eigenvalue weighted by molar-refractivity contribution is 5.92. The summed E-state index contributed by atoms with van der Waals surface area (Å²) in [6, 6.07) is 5.21. The van der Waals surface area contributed by atoms with Crippen LogP contribution in [0.4, 0.5) is 0 Å². The van der Waals surface area contributed by atoms with E-state index in [9.17, 15) is 9.59 Å². The number of methoxy groups -OCH3 is 1. The summed E-state index contributed by atoms with van der Waals surface area (Å²) < 4.78 is 10.3. The third-order valence-corrected chi connectivity index (χ3v) is 4.52. The van der Waals surface area contributed by atoms with Gasteiger partial charge in [-0.15, -0.1) is 0 Å². The van der Waals surface area contributed by atoms with Gasteiger partial charge in [-0.1, -0.05) is 30.4 Å². The molecule has 1 atom stereocenters. The molecule has 0 saturated heterocycles. The van der Waals surface area contributed by atoms with E-state index >= 15 is 0 Å². The van der Waals surface area contributed by atoms with Crippen LogP contribution in [0.2, 0.25) is 0 Å². The Morgan fingerprint density at radius 1 is 1.22 bits per heavy atom. The van der Waals surface area contributed by atoms with Crippen molar-refractivity contribution < 1.29 is 20.5 Å².